The largest absolute Gasteiger partial charge is 0.329 e. The Kier molecular flexibility index (Phi) is 5.87. The van der Waals surface area contributed by atoms with Crippen LogP contribution in [0, 0.1) is 0 Å². The Bertz CT molecular complexity index is 455. The van der Waals surface area contributed by atoms with Gasteiger partial charge in [0.2, 0.25) is 0 Å². The summed E-state index contributed by atoms with van der Waals surface area (Å²) in [5.41, 5.74) is 7.30. The molecule has 2 unspecified atom stereocenters. The number of nitrogens with two attached hydrogens (primary N) is 1. The van der Waals surface area contributed by atoms with E-state index in [4.69, 9.17) is 17.3 Å². The summed E-state index contributed by atoms with van der Waals surface area (Å²) in [7, 11) is 2.19. The van der Waals surface area contributed by atoms with E-state index in [0.717, 1.165) is 29.1 Å². The second kappa shape index (κ2) is 7.23. The Labute approximate surface area is 135 Å². The Hall–Kier alpha value is -0.130. The summed E-state index contributed by atoms with van der Waals surface area (Å²) in [5, 5.41) is 0.744. The minimum absolute atomic E-state index is 0.255. The number of benzene rings is 1. The maximum absolute atomic E-state index is 6.09. The molecule has 1 fully saturated rings. The second-order valence-electron chi connectivity index (χ2n) is 5.63. The summed E-state index contributed by atoms with van der Waals surface area (Å²) in [4.78, 5) is 4.93. The molecule has 3 nitrogen and oxygen atoms in total. The molecule has 1 aromatic rings. The Morgan fingerprint density at radius 1 is 1.45 bits per heavy atom. The zero-order valence-electron chi connectivity index (χ0n) is 12.1. The topological polar surface area (TPSA) is 32.5 Å². The molecule has 0 saturated carbocycles. The lowest BCUT2D eigenvalue weighted by molar-refractivity contribution is 0.146. The molecule has 0 spiro atoms. The molecule has 2 N–H and O–H groups in total. The molecule has 1 heterocycles. The van der Waals surface area contributed by atoms with Crippen molar-refractivity contribution in [2.75, 3.05) is 33.2 Å². The molecule has 0 radical (unpaired) electrons. The number of rotatable bonds is 3. The van der Waals surface area contributed by atoms with Crippen LogP contribution in [0.15, 0.2) is 22.7 Å². The number of likely N-dealkylation sites (N-methyl/N-ethyl adjacent to an activating group) is 1. The van der Waals surface area contributed by atoms with E-state index >= 15 is 0 Å². The normalized spacial score (nSPS) is 23.6. The van der Waals surface area contributed by atoms with Crippen LogP contribution in [0.4, 0.5) is 0 Å². The van der Waals surface area contributed by atoms with Crippen LogP contribution in [0.2, 0.25) is 5.02 Å². The molecule has 0 aliphatic carbocycles. The van der Waals surface area contributed by atoms with Crippen LogP contribution >= 0.6 is 27.5 Å². The summed E-state index contributed by atoms with van der Waals surface area (Å²) >= 11 is 9.60. The highest BCUT2D eigenvalue weighted by Crippen LogP contribution is 2.30. The molecule has 0 bridgehead atoms. The van der Waals surface area contributed by atoms with E-state index in [0.29, 0.717) is 12.6 Å². The average Bonchev–Trinajstić information content (AvgIpc) is 2.56. The van der Waals surface area contributed by atoms with Crippen molar-refractivity contribution in [1.29, 1.82) is 0 Å². The van der Waals surface area contributed by atoms with Crippen LogP contribution in [0.1, 0.15) is 24.9 Å². The predicted octanol–water partition coefficient (Wildman–Crippen LogP) is 3.13. The highest BCUT2D eigenvalue weighted by molar-refractivity contribution is 9.10. The minimum Gasteiger partial charge on any atom is -0.329 e. The van der Waals surface area contributed by atoms with E-state index in [-0.39, 0.29) is 6.04 Å². The first kappa shape index (κ1) is 16.2. The van der Waals surface area contributed by atoms with E-state index in [1.54, 1.807) is 0 Å². The van der Waals surface area contributed by atoms with E-state index in [2.05, 4.69) is 51.8 Å². The van der Waals surface area contributed by atoms with E-state index in [1.807, 2.05) is 6.07 Å². The predicted molar refractivity (Wildman–Crippen MR) is 89.2 cm³/mol. The van der Waals surface area contributed by atoms with Gasteiger partial charge >= 0.3 is 0 Å². The number of hydrogen-bond donors (Lipinski definition) is 1. The number of nitrogens with zero attached hydrogens (tertiary/aromatic N) is 2. The molecular formula is C15H23BrClN3. The van der Waals surface area contributed by atoms with Crippen LogP contribution in [-0.2, 0) is 0 Å². The van der Waals surface area contributed by atoms with Crippen molar-refractivity contribution in [3.8, 4) is 0 Å². The van der Waals surface area contributed by atoms with Gasteiger partial charge in [0.15, 0.2) is 0 Å². The third-order valence-electron chi connectivity index (χ3n) is 4.05. The van der Waals surface area contributed by atoms with Crippen LogP contribution < -0.4 is 5.73 Å². The fourth-order valence-corrected chi connectivity index (χ4v) is 3.55. The highest BCUT2D eigenvalue weighted by Gasteiger charge is 2.27. The fraction of sp³-hybridized carbons (Fsp3) is 0.600. The first-order valence-electron chi connectivity index (χ1n) is 7.12. The summed E-state index contributed by atoms with van der Waals surface area (Å²) in [6.07, 6.45) is 1.19. The molecule has 20 heavy (non-hydrogen) atoms. The highest BCUT2D eigenvalue weighted by atomic mass is 79.9. The maximum atomic E-state index is 6.09. The van der Waals surface area contributed by atoms with E-state index in [1.165, 1.54) is 12.0 Å². The van der Waals surface area contributed by atoms with Crippen molar-refractivity contribution in [1.82, 2.24) is 9.80 Å². The van der Waals surface area contributed by atoms with Gasteiger partial charge in [0.05, 0.1) is 5.02 Å². The molecule has 0 aromatic heterocycles. The summed E-state index contributed by atoms with van der Waals surface area (Å²) < 4.78 is 0.940. The Morgan fingerprint density at radius 3 is 2.85 bits per heavy atom. The molecule has 1 saturated heterocycles. The molecule has 2 rings (SSSR count). The Balaban J connectivity index is 2.23. The minimum atomic E-state index is 0.255. The Morgan fingerprint density at radius 2 is 2.20 bits per heavy atom. The van der Waals surface area contributed by atoms with Crippen LogP contribution in [0.3, 0.4) is 0 Å². The lowest BCUT2D eigenvalue weighted by Gasteiger charge is -2.35. The maximum Gasteiger partial charge on any atom is 0.0548 e. The van der Waals surface area contributed by atoms with Crippen molar-refractivity contribution in [3.63, 3.8) is 0 Å². The number of hydrogen-bond acceptors (Lipinski definition) is 3. The third-order valence-corrected chi connectivity index (χ3v) is 5.26. The first-order chi connectivity index (χ1) is 9.52. The van der Waals surface area contributed by atoms with Crippen molar-refractivity contribution >= 4 is 27.5 Å². The van der Waals surface area contributed by atoms with Gasteiger partial charge in [-0.1, -0.05) is 17.7 Å². The monoisotopic (exact) mass is 359 g/mol. The van der Waals surface area contributed by atoms with Crippen molar-refractivity contribution in [2.45, 2.75) is 25.4 Å². The van der Waals surface area contributed by atoms with E-state index < -0.39 is 0 Å². The van der Waals surface area contributed by atoms with Gasteiger partial charge in [-0.2, -0.15) is 0 Å². The van der Waals surface area contributed by atoms with Crippen LogP contribution in [-0.4, -0.2) is 49.1 Å². The summed E-state index contributed by atoms with van der Waals surface area (Å²) in [6.45, 7) is 6.25. The van der Waals surface area contributed by atoms with Crippen molar-refractivity contribution in [2.24, 2.45) is 5.73 Å². The van der Waals surface area contributed by atoms with Gasteiger partial charge in [-0.25, -0.2) is 0 Å². The smallest absolute Gasteiger partial charge is 0.0548 e. The van der Waals surface area contributed by atoms with Crippen LogP contribution in [0.25, 0.3) is 0 Å². The van der Waals surface area contributed by atoms with Gasteiger partial charge < -0.3 is 10.6 Å². The quantitative estimate of drug-likeness (QED) is 0.899. The van der Waals surface area contributed by atoms with Gasteiger partial charge in [0.1, 0.15) is 0 Å². The molecule has 112 valence electrons. The molecule has 5 heteroatoms. The molecule has 1 aliphatic heterocycles. The van der Waals surface area contributed by atoms with Gasteiger partial charge in [0, 0.05) is 36.2 Å². The van der Waals surface area contributed by atoms with Gasteiger partial charge in [0.25, 0.3) is 0 Å². The first-order valence-corrected chi connectivity index (χ1v) is 8.29. The zero-order valence-corrected chi connectivity index (χ0v) is 14.5. The van der Waals surface area contributed by atoms with Gasteiger partial charge in [-0.15, -0.1) is 0 Å². The zero-order chi connectivity index (χ0) is 14.7. The average molecular weight is 361 g/mol. The summed E-state index contributed by atoms with van der Waals surface area (Å²) in [6, 6.07) is 6.89. The lowest BCUT2D eigenvalue weighted by atomic mass is 10.0. The molecule has 1 aromatic carbocycles. The summed E-state index contributed by atoms with van der Waals surface area (Å²) in [5.74, 6) is 0. The van der Waals surface area contributed by atoms with Gasteiger partial charge in [-0.05, 0) is 60.6 Å². The lowest BCUT2D eigenvalue weighted by Crippen LogP contribution is -2.42. The van der Waals surface area contributed by atoms with E-state index in [9.17, 15) is 0 Å². The molecule has 0 amide bonds. The fourth-order valence-electron chi connectivity index (χ4n) is 3.04. The standard InChI is InChI=1S/C15H23BrClN3/c1-11-10-19(2)6-3-7-20(11)15(9-18)12-4-5-14(17)13(16)8-12/h4-5,8,11,15H,3,6-7,9-10,18H2,1-2H3. The molecule has 1 aliphatic rings. The SMILES string of the molecule is CC1CN(C)CCCN1C(CN)c1ccc(Cl)c(Br)c1. The third kappa shape index (κ3) is 3.74. The number of halogens is 2. The van der Waals surface area contributed by atoms with Crippen LogP contribution in [0.5, 0.6) is 0 Å². The second-order valence-corrected chi connectivity index (χ2v) is 6.89. The molecule has 2 atom stereocenters. The van der Waals surface area contributed by atoms with Crippen molar-refractivity contribution < 1.29 is 0 Å². The van der Waals surface area contributed by atoms with Crippen molar-refractivity contribution in [3.05, 3.63) is 33.3 Å². The molecular weight excluding hydrogens is 338 g/mol. The van der Waals surface area contributed by atoms with Gasteiger partial charge in [-0.3, -0.25) is 4.90 Å².